The first-order chi connectivity index (χ1) is 9.97. The van der Waals surface area contributed by atoms with E-state index in [-0.39, 0.29) is 16.3 Å². The van der Waals surface area contributed by atoms with Crippen molar-refractivity contribution in [2.24, 2.45) is 0 Å². The number of halogens is 1. The first-order valence-corrected chi connectivity index (χ1v) is 7.83. The third-order valence-corrected chi connectivity index (χ3v) is 4.40. The predicted octanol–water partition coefficient (Wildman–Crippen LogP) is 3.16. The van der Waals surface area contributed by atoms with E-state index in [1.54, 1.807) is 30.3 Å². The fourth-order valence-corrected chi connectivity index (χ4v) is 3.21. The molecule has 112 valence electrons. The molecule has 21 heavy (non-hydrogen) atoms. The Balaban J connectivity index is 2.45. The zero-order valence-electron chi connectivity index (χ0n) is 11.5. The van der Waals surface area contributed by atoms with E-state index in [1.807, 2.05) is 0 Å². The molecule has 0 spiro atoms. The fraction of sp³-hybridized carbons (Fsp3) is 0.143. The van der Waals surface area contributed by atoms with Crippen molar-refractivity contribution in [2.45, 2.75) is 4.90 Å². The highest BCUT2D eigenvalue weighted by Gasteiger charge is 2.20. The van der Waals surface area contributed by atoms with Gasteiger partial charge in [-0.3, -0.25) is 4.72 Å². The van der Waals surface area contributed by atoms with Crippen LogP contribution in [0.1, 0.15) is 0 Å². The first kappa shape index (κ1) is 15.5. The lowest BCUT2D eigenvalue weighted by Crippen LogP contribution is -2.14. The number of hydrogen-bond acceptors (Lipinski definition) is 4. The molecule has 0 aromatic heterocycles. The van der Waals surface area contributed by atoms with Crippen molar-refractivity contribution in [3.8, 4) is 11.5 Å². The molecule has 2 aromatic carbocycles. The number of ether oxygens (including phenoxy) is 2. The Morgan fingerprint density at radius 1 is 1.00 bits per heavy atom. The molecule has 0 bridgehead atoms. The molecule has 2 aromatic rings. The molecule has 0 aliphatic carbocycles. The van der Waals surface area contributed by atoms with Crippen LogP contribution < -0.4 is 14.2 Å². The van der Waals surface area contributed by atoms with Gasteiger partial charge in [-0.1, -0.05) is 23.7 Å². The highest BCUT2D eigenvalue weighted by atomic mass is 35.5. The SMILES string of the molecule is COc1ccc(Cl)cc1NS(=O)(=O)c1ccccc1OC. The minimum atomic E-state index is -3.82. The fourth-order valence-electron chi connectivity index (χ4n) is 1.80. The van der Waals surface area contributed by atoms with E-state index in [0.29, 0.717) is 10.8 Å². The van der Waals surface area contributed by atoms with Gasteiger partial charge in [0.05, 0.1) is 19.9 Å². The number of rotatable bonds is 5. The van der Waals surface area contributed by atoms with Crippen LogP contribution >= 0.6 is 11.6 Å². The van der Waals surface area contributed by atoms with Crippen molar-refractivity contribution >= 4 is 27.3 Å². The highest BCUT2D eigenvalue weighted by Crippen LogP contribution is 2.31. The average Bonchev–Trinajstić information content (AvgIpc) is 2.47. The molecule has 5 nitrogen and oxygen atoms in total. The van der Waals surface area contributed by atoms with Crippen LogP contribution in [0.3, 0.4) is 0 Å². The number of methoxy groups -OCH3 is 2. The van der Waals surface area contributed by atoms with Gasteiger partial charge in [0, 0.05) is 5.02 Å². The van der Waals surface area contributed by atoms with E-state index in [1.165, 1.54) is 26.4 Å². The summed E-state index contributed by atoms with van der Waals surface area (Å²) in [6, 6.07) is 11.0. The molecule has 0 heterocycles. The average molecular weight is 328 g/mol. The molecule has 0 aliphatic heterocycles. The Morgan fingerprint density at radius 3 is 2.33 bits per heavy atom. The molecular formula is C14H14ClNO4S. The summed E-state index contributed by atoms with van der Waals surface area (Å²) in [5, 5.41) is 0.397. The lowest BCUT2D eigenvalue weighted by Gasteiger charge is -2.14. The number of anilines is 1. The Kier molecular flexibility index (Phi) is 4.59. The second-order valence-electron chi connectivity index (χ2n) is 4.10. The molecule has 0 saturated heterocycles. The van der Waals surface area contributed by atoms with Crippen molar-refractivity contribution in [1.29, 1.82) is 0 Å². The summed E-state index contributed by atoms with van der Waals surface area (Å²) in [6.45, 7) is 0. The largest absolute Gasteiger partial charge is 0.495 e. The maximum atomic E-state index is 12.5. The van der Waals surface area contributed by atoms with Crippen molar-refractivity contribution in [3.63, 3.8) is 0 Å². The zero-order chi connectivity index (χ0) is 15.5. The van der Waals surface area contributed by atoms with Crippen LogP contribution in [0.5, 0.6) is 11.5 Å². The number of sulfonamides is 1. The lowest BCUT2D eigenvalue weighted by molar-refractivity contribution is 0.403. The van der Waals surface area contributed by atoms with Crippen molar-refractivity contribution in [3.05, 3.63) is 47.5 Å². The Labute approximate surface area is 128 Å². The van der Waals surface area contributed by atoms with Crippen LogP contribution in [-0.2, 0) is 10.0 Å². The molecule has 2 rings (SSSR count). The summed E-state index contributed by atoms with van der Waals surface area (Å²) in [4.78, 5) is 0.0366. The van der Waals surface area contributed by atoms with Crippen LogP contribution in [0, 0.1) is 0 Å². The van der Waals surface area contributed by atoms with Gasteiger partial charge in [-0.15, -0.1) is 0 Å². The second kappa shape index (κ2) is 6.24. The zero-order valence-corrected chi connectivity index (χ0v) is 13.0. The minimum absolute atomic E-state index is 0.0366. The van der Waals surface area contributed by atoms with E-state index in [9.17, 15) is 8.42 Å². The Bertz CT molecular complexity index is 746. The summed E-state index contributed by atoms with van der Waals surface area (Å²) in [5.74, 6) is 0.629. The highest BCUT2D eigenvalue weighted by molar-refractivity contribution is 7.92. The van der Waals surface area contributed by atoms with Crippen LogP contribution in [0.15, 0.2) is 47.4 Å². The number of hydrogen-bond donors (Lipinski definition) is 1. The summed E-state index contributed by atoms with van der Waals surface area (Å²) in [5.41, 5.74) is 0.260. The smallest absolute Gasteiger partial charge is 0.265 e. The molecule has 0 atom stereocenters. The van der Waals surface area contributed by atoms with E-state index in [0.717, 1.165) is 0 Å². The van der Waals surface area contributed by atoms with Crippen LogP contribution in [0.25, 0.3) is 0 Å². The summed E-state index contributed by atoms with van der Waals surface area (Å²) >= 11 is 5.89. The monoisotopic (exact) mass is 327 g/mol. The maximum Gasteiger partial charge on any atom is 0.265 e. The van der Waals surface area contributed by atoms with Crippen LogP contribution in [-0.4, -0.2) is 22.6 Å². The van der Waals surface area contributed by atoms with Gasteiger partial charge in [0.25, 0.3) is 10.0 Å². The summed E-state index contributed by atoms with van der Waals surface area (Å²) < 4.78 is 37.6. The van der Waals surface area contributed by atoms with Gasteiger partial charge in [-0.25, -0.2) is 8.42 Å². The molecule has 0 unspecified atom stereocenters. The van der Waals surface area contributed by atoms with Gasteiger partial charge in [0.15, 0.2) is 0 Å². The molecular weight excluding hydrogens is 314 g/mol. The number of nitrogens with one attached hydrogen (secondary N) is 1. The quantitative estimate of drug-likeness (QED) is 0.916. The van der Waals surface area contributed by atoms with Crippen molar-refractivity contribution in [2.75, 3.05) is 18.9 Å². The van der Waals surface area contributed by atoms with E-state index < -0.39 is 10.0 Å². The Hall–Kier alpha value is -1.92. The van der Waals surface area contributed by atoms with E-state index in [2.05, 4.69) is 4.72 Å². The normalized spacial score (nSPS) is 11.0. The van der Waals surface area contributed by atoms with Crippen LogP contribution in [0.4, 0.5) is 5.69 Å². The second-order valence-corrected chi connectivity index (χ2v) is 6.19. The minimum Gasteiger partial charge on any atom is -0.495 e. The summed E-state index contributed by atoms with van der Waals surface area (Å²) in [7, 11) is -0.959. The van der Waals surface area contributed by atoms with Gasteiger partial charge in [-0.05, 0) is 30.3 Å². The summed E-state index contributed by atoms with van der Waals surface area (Å²) in [6.07, 6.45) is 0. The third kappa shape index (κ3) is 3.40. The molecule has 0 saturated carbocycles. The van der Waals surface area contributed by atoms with E-state index >= 15 is 0 Å². The standard InChI is InChI=1S/C14H14ClNO4S/c1-19-12-8-7-10(15)9-11(12)16-21(17,18)14-6-4-3-5-13(14)20-2/h3-9,16H,1-2H3. The number of benzene rings is 2. The number of para-hydroxylation sites is 1. The van der Waals surface area contributed by atoms with Gasteiger partial charge < -0.3 is 9.47 Å². The molecule has 0 radical (unpaired) electrons. The van der Waals surface area contributed by atoms with Crippen molar-refractivity contribution < 1.29 is 17.9 Å². The molecule has 0 amide bonds. The van der Waals surface area contributed by atoms with Gasteiger partial charge >= 0.3 is 0 Å². The van der Waals surface area contributed by atoms with Gasteiger partial charge in [0.2, 0.25) is 0 Å². The first-order valence-electron chi connectivity index (χ1n) is 5.97. The van der Waals surface area contributed by atoms with E-state index in [4.69, 9.17) is 21.1 Å². The van der Waals surface area contributed by atoms with Gasteiger partial charge in [0.1, 0.15) is 16.4 Å². The third-order valence-electron chi connectivity index (χ3n) is 2.76. The molecule has 7 heteroatoms. The van der Waals surface area contributed by atoms with Crippen LogP contribution in [0.2, 0.25) is 5.02 Å². The lowest BCUT2D eigenvalue weighted by atomic mass is 10.3. The molecule has 0 fully saturated rings. The molecule has 0 aliphatic rings. The predicted molar refractivity (Wildman–Crippen MR) is 81.8 cm³/mol. The maximum absolute atomic E-state index is 12.5. The van der Waals surface area contributed by atoms with Crippen molar-refractivity contribution in [1.82, 2.24) is 0 Å². The topological polar surface area (TPSA) is 64.6 Å². The Morgan fingerprint density at radius 2 is 1.67 bits per heavy atom. The van der Waals surface area contributed by atoms with Gasteiger partial charge in [-0.2, -0.15) is 0 Å². The molecule has 1 N–H and O–H groups in total.